The zero-order valence-corrected chi connectivity index (χ0v) is 7.29. The van der Waals surface area contributed by atoms with Crippen LogP contribution in [-0.4, -0.2) is 16.1 Å². The zero-order valence-electron chi connectivity index (χ0n) is 7.29. The molecule has 0 aliphatic rings. The number of carboxylic acid groups (broad SMARTS) is 1. The molecule has 0 fully saturated rings. The summed E-state index contributed by atoms with van der Waals surface area (Å²) in [5.41, 5.74) is 4.33. The van der Waals surface area contributed by atoms with Crippen molar-refractivity contribution in [1.29, 1.82) is 0 Å². The second-order valence-electron chi connectivity index (χ2n) is 2.71. The van der Waals surface area contributed by atoms with E-state index in [9.17, 15) is 13.6 Å². The maximum absolute atomic E-state index is 12.3. The van der Waals surface area contributed by atoms with E-state index >= 15 is 0 Å². The Morgan fingerprint density at radius 3 is 2.64 bits per heavy atom. The van der Waals surface area contributed by atoms with Gasteiger partial charge in [-0.05, 0) is 13.0 Å². The highest BCUT2D eigenvalue weighted by Crippen LogP contribution is 2.25. The van der Waals surface area contributed by atoms with Crippen molar-refractivity contribution in [2.75, 3.05) is 5.73 Å². The number of anilines is 1. The summed E-state index contributed by atoms with van der Waals surface area (Å²) in [5.74, 6) is -1.48. The van der Waals surface area contributed by atoms with Gasteiger partial charge in [-0.15, -0.1) is 0 Å². The molecule has 0 amide bonds. The molecule has 0 aliphatic carbocycles. The molecule has 1 aromatic rings. The summed E-state index contributed by atoms with van der Waals surface area (Å²) in [4.78, 5) is 14.0. The van der Waals surface area contributed by atoms with Crippen molar-refractivity contribution in [3.63, 3.8) is 0 Å². The number of carbonyl (C=O) groups is 1. The predicted octanol–water partition coefficient (Wildman–Crippen LogP) is 1.61. The predicted molar refractivity (Wildman–Crippen MR) is 45.3 cm³/mol. The first-order valence-electron chi connectivity index (χ1n) is 3.72. The molecule has 14 heavy (non-hydrogen) atoms. The molecule has 76 valence electrons. The topological polar surface area (TPSA) is 76.2 Å². The van der Waals surface area contributed by atoms with Crippen molar-refractivity contribution in [3.8, 4) is 0 Å². The highest BCUT2D eigenvalue weighted by atomic mass is 19.3. The van der Waals surface area contributed by atoms with E-state index in [1.165, 1.54) is 6.92 Å². The lowest BCUT2D eigenvalue weighted by molar-refractivity contribution is 0.0677. The third kappa shape index (κ3) is 1.78. The molecule has 0 spiro atoms. The Labute approximate surface area is 78.4 Å². The van der Waals surface area contributed by atoms with E-state index in [0.29, 0.717) is 0 Å². The summed E-state index contributed by atoms with van der Waals surface area (Å²) < 4.78 is 24.7. The Morgan fingerprint density at radius 1 is 1.64 bits per heavy atom. The van der Waals surface area contributed by atoms with Gasteiger partial charge in [-0.25, -0.2) is 18.6 Å². The summed E-state index contributed by atoms with van der Waals surface area (Å²) in [6.07, 6.45) is -2.89. The maximum atomic E-state index is 12.3. The number of nitrogen functional groups attached to an aromatic ring is 1. The maximum Gasteiger partial charge on any atom is 0.355 e. The van der Waals surface area contributed by atoms with Crippen molar-refractivity contribution in [1.82, 2.24) is 4.98 Å². The van der Waals surface area contributed by atoms with E-state index < -0.39 is 23.7 Å². The van der Waals surface area contributed by atoms with Crippen molar-refractivity contribution >= 4 is 11.7 Å². The van der Waals surface area contributed by atoms with Gasteiger partial charge in [0.1, 0.15) is 0 Å². The third-order valence-corrected chi connectivity index (χ3v) is 1.72. The molecule has 0 aromatic carbocycles. The fraction of sp³-hybridized carbons (Fsp3) is 0.250. The monoisotopic (exact) mass is 202 g/mol. The van der Waals surface area contributed by atoms with Gasteiger partial charge in [0.2, 0.25) is 0 Å². The van der Waals surface area contributed by atoms with Crippen LogP contribution in [0.15, 0.2) is 6.07 Å². The van der Waals surface area contributed by atoms with E-state index in [1.54, 1.807) is 0 Å². The van der Waals surface area contributed by atoms with E-state index in [2.05, 4.69) is 4.98 Å². The Bertz CT molecular complexity index is 380. The molecule has 0 bridgehead atoms. The second kappa shape index (κ2) is 3.57. The number of halogens is 2. The molecule has 0 saturated carbocycles. The lowest BCUT2D eigenvalue weighted by Gasteiger charge is -2.07. The number of hydrogen-bond donors (Lipinski definition) is 2. The van der Waals surface area contributed by atoms with Crippen LogP contribution in [0.5, 0.6) is 0 Å². The molecule has 0 radical (unpaired) electrons. The number of aromatic carboxylic acids is 1. The number of aryl methyl sites for hydroxylation is 1. The Morgan fingerprint density at radius 2 is 2.21 bits per heavy atom. The lowest BCUT2D eigenvalue weighted by Crippen LogP contribution is -2.09. The Balaban J connectivity index is 3.39. The van der Waals surface area contributed by atoms with Crippen LogP contribution in [0.25, 0.3) is 0 Å². The number of nitrogens with two attached hydrogens (primary N) is 1. The van der Waals surface area contributed by atoms with Gasteiger partial charge < -0.3 is 10.8 Å². The molecule has 0 unspecified atom stereocenters. The standard InChI is InChI=1S/C8H8F2N2O2/c1-3-5(11)2-4(7(9)10)6(12-3)8(13)14/h2,7H,11H2,1H3,(H,13,14). The number of alkyl halides is 2. The molecule has 4 nitrogen and oxygen atoms in total. The van der Waals surface area contributed by atoms with Crippen LogP contribution in [0.4, 0.5) is 14.5 Å². The minimum absolute atomic E-state index is 0.0605. The van der Waals surface area contributed by atoms with Crippen LogP contribution in [-0.2, 0) is 0 Å². The SMILES string of the molecule is Cc1nc(C(=O)O)c(C(F)F)cc1N. The average Bonchev–Trinajstić information content (AvgIpc) is 2.08. The number of hydrogen-bond acceptors (Lipinski definition) is 3. The Hall–Kier alpha value is -1.72. The lowest BCUT2D eigenvalue weighted by atomic mass is 10.1. The molecule has 0 saturated heterocycles. The van der Waals surface area contributed by atoms with Gasteiger partial charge >= 0.3 is 5.97 Å². The van der Waals surface area contributed by atoms with Crippen molar-refractivity contribution in [2.45, 2.75) is 13.3 Å². The summed E-state index contributed by atoms with van der Waals surface area (Å²) in [6.45, 7) is 1.46. The molecule has 1 rings (SSSR count). The van der Waals surface area contributed by atoms with Crippen LogP contribution >= 0.6 is 0 Å². The number of rotatable bonds is 2. The minimum Gasteiger partial charge on any atom is -0.476 e. The number of pyridine rings is 1. The largest absolute Gasteiger partial charge is 0.476 e. The first-order chi connectivity index (χ1) is 6.43. The normalized spacial score (nSPS) is 10.6. The van der Waals surface area contributed by atoms with Crippen LogP contribution in [0.2, 0.25) is 0 Å². The van der Waals surface area contributed by atoms with E-state index in [1.807, 2.05) is 0 Å². The van der Waals surface area contributed by atoms with Gasteiger partial charge in [0.05, 0.1) is 16.9 Å². The molecule has 3 N–H and O–H groups in total. The molecule has 1 aromatic heterocycles. The van der Waals surface area contributed by atoms with Crippen LogP contribution < -0.4 is 5.73 Å². The third-order valence-electron chi connectivity index (χ3n) is 1.72. The van der Waals surface area contributed by atoms with Crippen LogP contribution in [0.1, 0.15) is 28.2 Å². The van der Waals surface area contributed by atoms with Crippen LogP contribution in [0.3, 0.4) is 0 Å². The van der Waals surface area contributed by atoms with Crippen molar-refractivity contribution < 1.29 is 18.7 Å². The number of aromatic nitrogens is 1. The molecule has 0 atom stereocenters. The fourth-order valence-electron chi connectivity index (χ4n) is 0.975. The molecule has 0 aliphatic heterocycles. The van der Waals surface area contributed by atoms with Crippen molar-refractivity contribution in [3.05, 3.63) is 23.0 Å². The average molecular weight is 202 g/mol. The zero-order chi connectivity index (χ0) is 10.9. The second-order valence-corrected chi connectivity index (χ2v) is 2.71. The first kappa shape index (κ1) is 10.4. The summed E-state index contributed by atoms with van der Waals surface area (Å²) >= 11 is 0. The highest BCUT2D eigenvalue weighted by Gasteiger charge is 2.20. The van der Waals surface area contributed by atoms with Gasteiger partial charge in [0.15, 0.2) is 5.69 Å². The number of carboxylic acids is 1. The van der Waals surface area contributed by atoms with Gasteiger partial charge in [0, 0.05) is 0 Å². The number of nitrogens with zero attached hydrogens (tertiary/aromatic N) is 1. The fourth-order valence-corrected chi connectivity index (χ4v) is 0.975. The molecule has 6 heteroatoms. The summed E-state index contributed by atoms with van der Waals surface area (Å²) in [6, 6.07) is 0.941. The quantitative estimate of drug-likeness (QED) is 0.763. The highest BCUT2D eigenvalue weighted by molar-refractivity contribution is 5.87. The Kier molecular flexibility index (Phi) is 2.64. The van der Waals surface area contributed by atoms with Gasteiger partial charge in [-0.1, -0.05) is 0 Å². The summed E-state index contributed by atoms with van der Waals surface area (Å²) in [5, 5.41) is 8.59. The minimum atomic E-state index is -2.89. The van der Waals surface area contributed by atoms with Gasteiger partial charge in [-0.3, -0.25) is 0 Å². The van der Waals surface area contributed by atoms with Gasteiger partial charge in [0.25, 0.3) is 6.43 Å². The molecular weight excluding hydrogens is 194 g/mol. The first-order valence-corrected chi connectivity index (χ1v) is 3.72. The van der Waals surface area contributed by atoms with Gasteiger partial charge in [-0.2, -0.15) is 0 Å². The van der Waals surface area contributed by atoms with Crippen LogP contribution in [0, 0.1) is 6.92 Å². The van der Waals surface area contributed by atoms with E-state index in [4.69, 9.17) is 10.8 Å². The van der Waals surface area contributed by atoms with Crippen molar-refractivity contribution in [2.24, 2.45) is 0 Å². The molecular formula is C8H8F2N2O2. The van der Waals surface area contributed by atoms with E-state index in [0.717, 1.165) is 6.07 Å². The molecule has 1 heterocycles. The smallest absolute Gasteiger partial charge is 0.355 e. The summed E-state index contributed by atoms with van der Waals surface area (Å²) in [7, 11) is 0. The van der Waals surface area contributed by atoms with E-state index in [-0.39, 0.29) is 11.4 Å².